The molecule has 0 unspecified atom stereocenters. The average Bonchev–Trinajstić information content (AvgIpc) is 3.29. The highest BCUT2D eigenvalue weighted by Crippen LogP contribution is 2.29. The maximum Gasteiger partial charge on any atom is 0.301 e. The third-order valence-corrected chi connectivity index (χ3v) is 4.39. The zero-order valence-corrected chi connectivity index (χ0v) is 14.6. The number of aryl methyl sites for hydroxylation is 1. The Morgan fingerprint density at radius 1 is 1.00 bits per heavy atom. The van der Waals surface area contributed by atoms with Crippen molar-refractivity contribution in [3.05, 3.63) is 60.9 Å². The highest BCUT2D eigenvalue weighted by Gasteiger charge is 2.13. The Hall–Kier alpha value is -3.74. The lowest BCUT2D eigenvalue weighted by molar-refractivity contribution is 0.449. The molecule has 0 bridgehead atoms. The van der Waals surface area contributed by atoms with Crippen molar-refractivity contribution in [3.63, 3.8) is 0 Å². The van der Waals surface area contributed by atoms with E-state index < -0.39 is 0 Å². The summed E-state index contributed by atoms with van der Waals surface area (Å²) in [4.78, 5) is 16.1. The fourth-order valence-electron chi connectivity index (χ4n) is 3.11. The van der Waals surface area contributed by atoms with Gasteiger partial charge in [0.2, 0.25) is 0 Å². The van der Waals surface area contributed by atoms with Crippen LogP contribution in [0.4, 0.5) is 0 Å². The van der Waals surface area contributed by atoms with Crippen LogP contribution >= 0.6 is 0 Å². The minimum Gasteiger partial charge on any atom is -0.426 e. The second-order valence-electron chi connectivity index (χ2n) is 6.08. The molecule has 0 atom stereocenters. The Morgan fingerprint density at radius 3 is 2.63 bits per heavy atom. The van der Waals surface area contributed by atoms with Gasteiger partial charge in [-0.15, -0.1) is 0 Å². The first-order valence-corrected chi connectivity index (χ1v) is 8.72. The molecule has 0 saturated heterocycles. The van der Waals surface area contributed by atoms with Crippen molar-refractivity contribution < 1.29 is 4.74 Å². The lowest BCUT2D eigenvalue weighted by atomic mass is 10.1. The van der Waals surface area contributed by atoms with E-state index in [1.54, 1.807) is 12.4 Å². The number of nitrogens with zero attached hydrogens (tertiary/aromatic N) is 5. The number of nitrogens with one attached hydrogen (secondary N) is 1. The van der Waals surface area contributed by atoms with Crippen LogP contribution in [0.2, 0.25) is 0 Å². The van der Waals surface area contributed by atoms with Gasteiger partial charge in [-0.3, -0.25) is 9.67 Å². The van der Waals surface area contributed by atoms with Gasteiger partial charge in [-0.05, 0) is 55.5 Å². The van der Waals surface area contributed by atoms with Crippen LogP contribution in [0.1, 0.15) is 6.92 Å². The molecule has 0 amide bonds. The number of hydrogen-bond donors (Lipinski definition) is 1. The molecule has 1 aromatic carbocycles. The summed E-state index contributed by atoms with van der Waals surface area (Å²) >= 11 is 0. The number of aromatic amines is 1. The van der Waals surface area contributed by atoms with Gasteiger partial charge in [-0.25, -0.2) is 4.98 Å². The Labute approximate surface area is 154 Å². The van der Waals surface area contributed by atoms with Gasteiger partial charge in [-0.1, -0.05) is 0 Å². The highest BCUT2D eigenvalue weighted by molar-refractivity contribution is 5.89. The van der Waals surface area contributed by atoms with Crippen molar-refractivity contribution >= 4 is 22.2 Å². The van der Waals surface area contributed by atoms with E-state index in [1.807, 2.05) is 53.2 Å². The Morgan fingerprint density at radius 2 is 1.81 bits per heavy atom. The van der Waals surface area contributed by atoms with E-state index in [0.29, 0.717) is 17.4 Å². The summed E-state index contributed by atoms with van der Waals surface area (Å²) in [7, 11) is 0. The molecule has 0 spiro atoms. The Kier molecular flexibility index (Phi) is 3.57. The van der Waals surface area contributed by atoms with E-state index >= 15 is 0 Å². The lowest BCUT2D eigenvalue weighted by Crippen LogP contribution is -1.95. The minimum absolute atomic E-state index is 0.416. The van der Waals surface area contributed by atoms with Crippen molar-refractivity contribution in [1.29, 1.82) is 0 Å². The van der Waals surface area contributed by atoms with Gasteiger partial charge >= 0.3 is 6.01 Å². The molecule has 0 fully saturated rings. The molecule has 27 heavy (non-hydrogen) atoms. The topological polar surface area (TPSA) is 81.5 Å². The fraction of sp³-hybridized carbons (Fsp3) is 0.100. The fourth-order valence-corrected chi connectivity index (χ4v) is 3.11. The Bertz CT molecular complexity index is 1210. The molecule has 0 aliphatic carbocycles. The number of ether oxygens (including phenoxy) is 1. The van der Waals surface area contributed by atoms with Crippen LogP contribution < -0.4 is 4.74 Å². The first kappa shape index (κ1) is 15.5. The maximum atomic E-state index is 5.82. The van der Waals surface area contributed by atoms with Crippen LogP contribution in [0.5, 0.6) is 11.8 Å². The minimum atomic E-state index is 0.416. The quantitative estimate of drug-likeness (QED) is 0.522. The average molecular weight is 356 g/mol. The molecule has 7 heteroatoms. The molecule has 0 aliphatic rings. The third kappa shape index (κ3) is 2.69. The molecule has 0 aliphatic heterocycles. The zero-order chi connectivity index (χ0) is 18.2. The van der Waals surface area contributed by atoms with E-state index in [2.05, 4.69) is 26.9 Å². The molecule has 4 heterocycles. The van der Waals surface area contributed by atoms with Gasteiger partial charge < -0.3 is 9.72 Å². The first-order chi connectivity index (χ1) is 13.3. The number of rotatable bonds is 4. The van der Waals surface area contributed by atoms with Crippen molar-refractivity contribution in [2.45, 2.75) is 13.5 Å². The predicted octanol–water partition coefficient (Wildman–Crippen LogP) is 4.18. The molecule has 132 valence electrons. The van der Waals surface area contributed by atoms with Crippen molar-refractivity contribution in [2.24, 2.45) is 0 Å². The van der Waals surface area contributed by atoms with E-state index in [9.17, 15) is 0 Å². The highest BCUT2D eigenvalue weighted by atomic mass is 16.5. The lowest BCUT2D eigenvalue weighted by Gasteiger charge is -2.03. The summed E-state index contributed by atoms with van der Waals surface area (Å²) in [6.45, 7) is 2.87. The van der Waals surface area contributed by atoms with Gasteiger partial charge in [0.1, 0.15) is 17.0 Å². The van der Waals surface area contributed by atoms with E-state index in [0.717, 1.165) is 34.4 Å². The number of pyridine rings is 2. The van der Waals surface area contributed by atoms with Gasteiger partial charge in [0.25, 0.3) is 0 Å². The molecule has 1 N–H and O–H groups in total. The standard InChI is InChI=1S/C20H16N6O/c1-2-26-16-6-4-11-21-18(16)17(25-26)13-7-9-14(10-8-13)27-20-23-15-5-3-12-22-19(15)24-20/h3-12H,2H2,1H3,(H,22,23,24). The summed E-state index contributed by atoms with van der Waals surface area (Å²) in [5, 5.41) is 4.71. The van der Waals surface area contributed by atoms with Crippen LogP contribution in [-0.4, -0.2) is 29.7 Å². The number of aromatic nitrogens is 6. The molecular formula is C20H16N6O. The van der Waals surface area contributed by atoms with Crippen LogP contribution in [0, 0.1) is 0 Å². The van der Waals surface area contributed by atoms with Crippen molar-refractivity contribution in [3.8, 4) is 23.0 Å². The van der Waals surface area contributed by atoms with E-state index in [1.165, 1.54) is 0 Å². The third-order valence-electron chi connectivity index (χ3n) is 4.39. The SMILES string of the molecule is CCn1nc(-c2ccc(Oc3nc4ncccc4[nH]3)cc2)c2ncccc21. The number of imidazole rings is 1. The monoisotopic (exact) mass is 356 g/mol. The first-order valence-electron chi connectivity index (χ1n) is 8.72. The predicted molar refractivity (Wildman–Crippen MR) is 103 cm³/mol. The second kappa shape index (κ2) is 6.21. The smallest absolute Gasteiger partial charge is 0.301 e. The molecule has 7 nitrogen and oxygen atoms in total. The van der Waals surface area contributed by atoms with Crippen LogP contribution in [0.3, 0.4) is 0 Å². The zero-order valence-electron chi connectivity index (χ0n) is 14.6. The molecule has 5 rings (SSSR count). The molecule has 0 radical (unpaired) electrons. The summed E-state index contributed by atoms with van der Waals surface area (Å²) in [6, 6.07) is 15.9. The number of fused-ring (bicyclic) bond motifs is 2. The summed E-state index contributed by atoms with van der Waals surface area (Å²) in [5.41, 5.74) is 5.26. The number of benzene rings is 1. The normalized spacial score (nSPS) is 11.3. The number of H-pyrrole nitrogens is 1. The maximum absolute atomic E-state index is 5.82. The van der Waals surface area contributed by atoms with Crippen molar-refractivity contribution in [1.82, 2.24) is 29.7 Å². The molecule has 4 aromatic heterocycles. The summed E-state index contributed by atoms with van der Waals surface area (Å²) in [5.74, 6) is 0.685. The van der Waals surface area contributed by atoms with Gasteiger partial charge in [-0.2, -0.15) is 10.1 Å². The van der Waals surface area contributed by atoms with Gasteiger partial charge in [0.15, 0.2) is 5.65 Å². The summed E-state index contributed by atoms with van der Waals surface area (Å²) < 4.78 is 7.78. The van der Waals surface area contributed by atoms with Gasteiger partial charge in [0, 0.05) is 24.5 Å². The molecule has 5 aromatic rings. The van der Waals surface area contributed by atoms with Crippen molar-refractivity contribution in [2.75, 3.05) is 0 Å². The van der Waals surface area contributed by atoms with Crippen LogP contribution in [-0.2, 0) is 6.54 Å². The van der Waals surface area contributed by atoms with Gasteiger partial charge in [0.05, 0.1) is 11.0 Å². The van der Waals surface area contributed by atoms with Crippen LogP contribution in [0.15, 0.2) is 60.9 Å². The Balaban J connectivity index is 1.47. The number of hydrogen-bond acceptors (Lipinski definition) is 5. The summed E-state index contributed by atoms with van der Waals surface area (Å²) in [6.07, 6.45) is 3.50. The molecular weight excluding hydrogens is 340 g/mol. The molecule has 0 saturated carbocycles. The van der Waals surface area contributed by atoms with E-state index in [4.69, 9.17) is 9.84 Å². The van der Waals surface area contributed by atoms with E-state index in [-0.39, 0.29) is 0 Å². The largest absolute Gasteiger partial charge is 0.426 e. The van der Waals surface area contributed by atoms with Crippen LogP contribution in [0.25, 0.3) is 33.5 Å². The second-order valence-corrected chi connectivity index (χ2v) is 6.08.